The van der Waals surface area contributed by atoms with Crippen molar-refractivity contribution in [3.63, 3.8) is 0 Å². The molecule has 3 N–H and O–H groups in total. The number of piperazine rings is 1. The fourth-order valence-electron chi connectivity index (χ4n) is 6.47. The minimum absolute atomic E-state index is 0.0524. The smallest absolute Gasteiger partial charge is 0.142 e. The van der Waals surface area contributed by atoms with Crippen LogP contribution in [-0.4, -0.2) is 70.9 Å². The number of nitrogens with zero attached hydrogens (tertiary/aromatic N) is 3. The molecule has 2 saturated heterocycles. The van der Waals surface area contributed by atoms with Crippen LogP contribution in [0.2, 0.25) is 5.02 Å². The molecule has 36 heavy (non-hydrogen) atoms. The van der Waals surface area contributed by atoms with Crippen molar-refractivity contribution >= 4 is 17.4 Å². The van der Waals surface area contributed by atoms with E-state index < -0.39 is 23.8 Å². The van der Waals surface area contributed by atoms with Gasteiger partial charge < -0.3 is 20.6 Å². The monoisotopic (exact) mass is 521 g/mol. The highest BCUT2D eigenvalue weighted by atomic mass is 35.5. The highest BCUT2D eigenvalue weighted by Gasteiger charge is 2.43. The van der Waals surface area contributed by atoms with Crippen LogP contribution < -0.4 is 10.6 Å². The fraction of sp³-hybridized carbons (Fsp3) is 0.667. The second-order valence-corrected chi connectivity index (χ2v) is 11.9. The number of hydrogen-bond acceptors (Lipinski definition) is 6. The Morgan fingerprint density at radius 3 is 2.50 bits per heavy atom. The number of aliphatic hydroxyl groups excluding tert-OH is 1. The number of aliphatic hydroxyl groups is 1. The first-order valence-electron chi connectivity index (χ1n) is 13.2. The Kier molecular flexibility index (Phi) is 7.09. The molecule has 9 heteroatoms. The molecular weight excluding hydrogens is 484 g/mol. The summed E-state index contributed by atoms with van der Waals surface area (Å²) in [5, 5.41) is 18.5. The molecule has 0 saturated carbocycles. The summed E-state index contributed by atoms with van der Waals surface area (Å²) in [7, 11) is 0. The van der Waals surface area contributed by atoms with Gasteiger partial charge in [-0.05, 0) is 70.1 Å². The Hall–Kier alpha value is -1.74. The van der Waals surface area contributed by atoms with Gasteiger partial charge in [0.2, 0.25) is 0 Å². The molecule has 5 rings (SSSR count). The molecule has 3 aliphatic heterocycles. The van der Waals surface area contributed by atoms with E-state index in [1.807, 2.05) is 4.90 Å². The highest BCUT2D eigenvalue weighted by Crippen LogP contribution is 2.38. The number of aliphatic imine (C=N–C) groups is 1. The van der Waals surface area contributed by atoms with Crippen LogP contribution in [0.1, 0.15) is 64.9 Å². The second kappa shape index (κ2) is 9.86. The maximum Gasteiger partial charge on any atom is 0.142 e. The van der Waals surface area contributed by atoms with Gasteiger partial charge in [0.05, 0.1) is 5.02 Å². The predicted octanol–water partition coefficient (Wildman–Crippen LogP) is 4.20. The first kappa shape index (κ1) is 25.9. The van der Waals surface area contributed by atoms with Crippen LogP contribution in [0, 0.1) is 17.6 Å². The molecule has 1 aromatic carbocycles. The molecule has 3 heterocycles. The van der Waals surface area contributed by atoms with E-state index in [0.29, 0.717) is 19.0 Å². The molecule has 2 fully saturated rings. The SMILES string of the molecule is CC1N=C(N2CCN(C(O)[C@@H](c3cc(F)c(Cl)cc3F)[C@@H]3CCC(C)(C)N3)CC2)C2=C(CC[C@H]2C)N1. The van der Waals surface area contributed by atoms with Crippen molar-refractivity contribution in [3.05, 3.63) is 45.6 Å². The third kappa shape index (κ3) is 4.89. The number of halogens is 3. The molecular formula is C27H38ClF2N5O. The first-order valence-corrected chi connectivity index (χ1v) is 13.6. The van der Waals surface area contributed by atoms with Crippen LogP contribution in [0.25, 0.3) is 0 Å². The average Bonchev–Trinajstić information content (AvgIpc) is 3.38. The number of rotatable bonds is 4. The summed E-state index contributed by atoms with van der Waals surface area (Å²) in [5.74, 6) is -0.308. The lowest BCUT2D eigenvalue weighted by Crippen LogP contribution is -2.56. The van der Waals surface area contributed by atoms with E-state index in [4.69, 9.17) is 16.6 Å². The minimum atomic E-state index is -0.956. The summed E-state index contributed by atoms with van der Waals surface area (Å²) in [4.78, 5) is 9.26. The third-order valence-corrected chi connectivity index (χ3v) is 8.67. The maximum atomic E-state index is 15.1. The van der Waals surface area contributed by atoms with Gasteiger partial charge in [-0.1, -0.05) is 18.5 Å². The Bertz CT molecular complexity index is 1070. The van der Waals surface area contributed by atoms with Crippen molar-refractivity contribution in [3.8, 4) is 0 Å². The number of amidine groups is 1. The molecule has 5 atom stereocenters. The lowest BCUT2D eigenvalue weighted by molar-refractivity contribution is -0.0415. The average molecular weight is 522 g/mol. The summed E-state index contributed by atoms with van der Waals surface area (Å²) < 4.78 is 29.6. The molecule has 1 aliphatic carbocycles. The van der Waals surface area contributed by atoms with E-state index >= 15 is 4.39 Å². The number of benzene rings is 1. The minimum Gasteiger partial charge on any atom is -0.378 e. The number of hydrogen-bond donors (Lipinski definition) is 3. The van der Waals surface area contributed by atoms with Crippen molar-refractivity contribution < 1.29 is 13.9 Å². The molecule has 0 amide bonds. The topological polar surface area (TPSA) is 63.1 Å². The van der Waals surface area contributed by atoms with Gasteiger partial charge in [0.15, 0.2) is 0 Å². The Morgan fingerprint density at radius 2 is 1.83 bits per heavy atom. The van der Waals surface area contributed by atoms with Crippen molar-refractivity contribution in [2.45, 2.75) is 83.3 Å². The van der Waals surface area contributed by atoms with Crippen LogP contribution in [0.5, 0.6) is 0 Å². The van der Waals surface area contributed by atoms with E-state index in [1.54, 1.807) is 0 Å². The van der Waals surface area contributed by atoms with Crippen LogP contribution in [0.4, 0.5) is 8.78 Å². The summed E-state index contributed by atoms with van der Waals surface area (Å²) in [6.07, 6.45) is 2.97. The molecule has 4 aliphatic rings. The van der Waals surface area contributed by atoms with Crippen LogP contribution in [0.15, 0.2) is 28.4 Å². The molecule has 0 radical (unpaired) electrons. The maximum absolute atomic E-state index is 15.1. The summed E-state index contributed by atoms with van der Waals surface area (Å²) in [6.45, 7) is 11.2. The van der Waals surface area contributed by atoms with Crippen molar-refractivity contribution in [1.82, 2.24) is 20.4 Å². The van der Waals surface area contributed by atoms with Crippen molar-refractivity contribution in [2.24, 2.45) is 10.9 Å². The molecule has 0 aromatic heterocycles. The summed E-state index contributed by atoms with van der Waals surface area (Å²) in [6, 6.07) is 2.01. The number of nitrogens with one attached hydrogen (secondary N) is 2. The quantitative estimate of drug-likeness (QED) is 0.518. The second-order valence-electron chi connectivity index (χ2n) is 11.5. The first-order chi connectivity index (χ1) is 17.0. The van der Waals surface area contributed by atoms with Crippen molar-refractivity contribution in [1.29, 1.82) is 0 Å². The van der Waals surface area contributed by atoms with Gasteiger partial charge in [0.25, 0.3) is 0 Å². The van der Waals surface area contributed by atoms with Crippen LogP contribution >= 0.6 is 11.6 Å². The van der Waals surface area contributed by atoms with Gasteiger partial charge in [-0.25, -0.2) is 13.8 Å². The van der Waals surface area contributed by atoms with Crippen LogP contribution in [-0.2, 0) is 0 Å². The van der Waals surface area contributed by atoms with E-state index in [1.165, 1.54) is 11.3 Å². The number of allylic oxidation sites excluding steroid dienone is 1. The largest absolute Gasteiger partial charge is 0.378 e. The van der Waals surface area contributed by atoms with E-state index in [9.17, 15) is 9.50 Å². The van der Waals surface area contributed by atoms with Gasteiger partial charge in [-0.15, -0.1) is 0 Å². The van der Waals surface area contributed by atoms with Gasteiger partial charge >= 0.3 is 0 Å². The zero-order chi connectivity index (χ0) is 25.8. The van der Waals surface area contributed by atoms with E-state index in [0.717, 1.165) is 56.7 Å². The molecule has 0 bridgehead atoms. The molecule has 0 spiro atoms. The van der Waals surface area contributed by atoms with E-state index in [2.05, 4.69) is 43.2 Å². The van der Waals surface area contributed by atoms with Gasteiger partial charge in [-0.2, -0.15) is 0 Å². The highest BCUT2D eigenvalue weighted by molar-refractivity contribution is 6.30. The normalized spacial score (nSPS) is 30.2. The Morgan fingerprint density at radius 1 is 1.11 bits per heavy atom. The summed E-state index contributed by atoms with van der Waals surface area (Å²) in [5.41, 5.74) is 2.69. The summed E-state index contributed by atoms with van der Waals surface area (Å²) >= 11 is 5.84. The van der Waals surface area contributed by atoms with Crippen molar-refractivity contribution in [2.75, 3.05) is 26.2 Å². The molecule has 6 nitrogen and oxygen atoms in total. The third-order valence-electron chi connectivity index (χ3n) is 8.38. The molecule has 2 unspecified atom stereocenters. The molecule has 1 aromatic rings. The fourth-order valence-corrected chi connectivity index (χ4v) is 6.62. The Balaban J connectivity index is 1.36. The Labute approximate surface area is 217 Å². The zero-order valence-electron chi connectivity index (χ0n) is 21.6. The van der Waals surface area contributed by atoms with Gasteiger partial charge in [-0.3, -0.25) is 4.90 Å². The van der Waals surface area contributed by atoms with Gasteiger partial charge in [0, 0.05) is 54.9 Å². The van der Waals surface area contributed by atoms with E-state index in [-0.39, 0.29) is 28.3 Å². The lowest BCUT2D eigenvalue weighted by Gasteiger charge is -2.43. The lowest BCUT2D eigenvalue weighted by atomic mass is 9.87. The van der Waals surface area contributed by atoms with Gasteiger partial charge in [0.1, 0.15) is 29.9 Å². The van der Waals surface area contributed by atoms with Crippen LogP contribution in [0.3, 0.4) is 0 Å². The zero-order valence-corrected chi connectivity index (χ0v) is 22.4. The molecule has 198 valence electrons. The predicted molar refractivity (Wildman–Crippen MR) is 139 cm³/mol. The standard InChI is InChI=1S/C27H38ClF2N5O/c1-15-5-6-21-23(15)25(32-16(2)31-21)34-9-11-35(12-10-34)26(36)24(22-7-8-27(3,4)33-22)17-13-20(30)18(28)14-19(17)29/h13-16,22,24,26,31,33,36H,5-12H2,1-4H3/t15-,16?,22+,24+,26?/m1/s1.